The third kappa shape index (κ3) is 3.64. The highest BCUT2D eigenvalue weighted by atomic mass is 16.6. The summed E-state index contributed by atoms with van der Waals surface area (Å²) in [6, 6.07) is 29.4. The number of hydrogen-bond acceptors (Lipinski definition) is 3. The summed E-state index contributed by atoms with van der Waals surface area (Å²) in [7, 11) is -0.582. The molecule has 0 bridgehead atoms. The van der Waals surface area contributed by atoms with Gasteiger partial charge in [-0.15, -0.1) is 0 Å². The van der Waals surface area contributed by atoms with E-state index >= 15 is 0 Å². The number of hydrogen-bond donors (Lipinski definition) is 0. The highest BCUT2D eigenvalue weighted by Crippen LogP contribution is 2.15. The van der Waals surface area contributed by atoms with Crippen LogP contribution in [0.5, 0.6) is 11.5 Å². The third-order valence-electron chi connectivity index (χ3n) is 3.86. The number of aromatic nitrogens is 1. The second kappa shape index (κ2) is 7.10. The molecular formula is C21H16BNO2. The number of rotatable bonds is 5. The average Bonchev–Trinajstić information content (AvgIpc) is 2.69. The van der Waals surface area contributed by atoms with Crippen LogP contribution in [0.25, 0.3) is 10.9 Å². The predicted octanol–water partition coefficient (Wildman–Crippen LogP) is 4.09. The first-order valence-corrected chi connectivity index (χ1v) is 8.16. The van der Waals surface area contributed by atoms with Crippen molar-refractivity contribution in [1.29, 1.82) is 0 Å². The number of benzene rings is 3. The van der Waals surface area contributed by atoms with Gasteiger partial charge in [0.1, 0.15) is 11.5 Å². The quantitative estimate of drug-likeness (QED) is 0.518. The Morgan fingerprint density at radius 1 is 0.640 bits per heavy atom. The topological polar surface area (TPSA) is 31.4 Å². The van der Waals surface area contributed by atoms with Crippen LogP contribution in [0.2, 0.25) is 0 Å². The van der Waals surface area contributed by atoms with Crippen LogP contribution < -0.4 is 14.8 Å². The normalized spacial score (nSPS) is 10.4. The molecule has 4 rings (SSSR count). The molecule has 4 heteroatoms. The SMILES string of the molecule is c1ccc(OB(Oc2ccccc2)c2cnc3ccccc3c2)cc1. The molecule has 0 saturated heterocycles. The maximum atomic E-state index is 6.09. The lowest BCUT2D eigenvalue weighted by molar-refractivity contribution is 0.439. The molecule has 1 aromatic heterocycles. The molecule has 0 saturated carbocycles. The summed E-state index contributed by atoms with van der Waals surface area (Å²) >= 11 is 0. The molecule has 25 heavy (non-hydrogen) atoms. The van der Waals surface area contributed by atoms with E-state index in [-0.39, 0.29) is 0 Å². The number of fused-ring (bicyclic) bond motifs is 1. The van der Waals surface area contributed by atoms with Gasteiger partial charge in [-0.1, -0.05) is 54.6 Å². The molecular weight excluding hydrogens is 309 g/mol. The van der Waals surface area contributed by atoms with Gasteiger partial charge in [0, 0.05) is 11.7 Å². The van der Waals surface area contributed by atoms with Gasteiger partial charge in [0.2, 0.25) is 0 Å². The molecule has 3 aromatic carbocycles. The average molecular weight is 325 g/mol. The molecule has 0 aliphatic carbocycles. The van der Waals surface area contributed by atoms with Crippen molar-refractivity contribution in [2.75, 3.05) is 0 Å². The van der Waals surface area contributed by atoms with Gasteiger partial charge >= 0.3 is 7.12 Å². The van der Waals surface area contributed by atoms with Crippen molar-refractivity contribution < 1.29 is 9.31 Å². The summed E-state index contributed by atoms with van der Waals surface area (Å²) in [4.78, 5) is 4.53. The summed E-state index contributed by atoms with van der Waals surface area (Å²) < 4.78 is 12.2. The van der Waals surface area contributed by atoms with Crippen molar-refractivity contribution in [2.24, 2.45) is 0 Å². The summed E-state index contributed by atoms with van der Waals surface area (Å²) in [5, 5.41) is 1.05. The Kier molecular flexibility index (Phi) is 4.34. The van der Waals surface area contributed by atoms with Gasteiger partial charge in [0.05, 0.1) is 5.52 Å². The first kappa shape index (κ1) is 15.3. The minimum absolute atomic E-state index is 0.582. The monoisotopic (exact) mass is 325 g/mol. The largest absolute Gasteiger partial charge is 0.634 e. The molecule has 0 fully saturated rings. The molecule has 120 valence electrons. The van der Waals surface area contributed by atoms with Crippen LogP contribution in [0.15, 0.2) is 97.2 Å². The summed E-state index contributed by atoms with van der Waals surface area (Å²) in [6.07, 6.45) is 1.80. The van der Waals surface area contributed by atoms with E-state index in [1.54, 1.807) is 6.20 Å². The van der Waals surface area contributed by atoms with Gasteiger partial charge in [-0.2, -0.15) is 0 Å². The van der Waals surface area contributed by atoms with Crippen molar-refractivity contribution >= 4 is 23.5 Å². The third-order valence-corrected chi connectivity index (χ3v) is 3.86. The molecule has 0 aliphatic heterocycles. The Labute approximate surface area is 147 Å². The van der Waals surface area contributed by atoms with E-state index in [1.165, 1.54) is 0 Å². The van der Waals surface area contributed by atoms with E-state index in [2.05, 4.69) is 11.1 Å². The van der Waals surface area contributed by atoms with E-state index in [4.69, 9.17) is 9.31 Å². The zero-order chi connectivity index (χ0) is 16.9. The first-order chi connectivity index (χ1) is 12.4. The van der Waals surface area contributed by atoms with E-state index in [0.29, 0.717) is 0 Å². The summed E-state index contributed by atoms with van der Waals surface area (Å²) in [5.41, 5.74) is 1.82. The van der Waals surface area contributed by atoms with Gasteiger partial charge in [-0.05, 0) is 41.8 Å². The summed E-state index contributed by atoms with van der Waals surface area (Å²) in [6.45, 7) is 0. The van der Waals surface area contributed by atoms with Gasteiger partial charge in [0.25, 0.3) is 0 Å². The van der Waals surface area contributed by atoms with Crippen molar-refractivity contribution in [1.82, 2.24) is 4.98 Å². The van der Waals surface area contributed by atoms with Gasteiger partial charge in [-0.25, -0.2) is 0 Å². The molecule has 4 aromatic rings. The molecule has 0 aliphatic rings. The van der Waals surface area contributed by atoms with E-state index in [9.17, 15) is 0 Å². The molecule has 1 heterocycles. The minimum atomic E-state index is -0.582. The molecule has 0 spiro atoms. The fourth-order valence-corrected chi connectivity index (χ4v) is 2.62. The van der Waals surface area contributed by atoms with Crippen molar-refractivity contribution in [2.45, 2.75) is 0 Å². The predicted molar refractivity (Wildman–Crippen MR) is 101 cm³/mol. The van der Waals surface area contributed by atoms with Crippen LogP contribution in [0.1, 0.15) is 0 Å². The first-order valence-electron chi connectivity index (χ1n) is 8.16. The second-order valence-electron chi connectivity index (χ2n) is 5.66. The van der Waals surface area contributed by atoms with E-state index in [1.807, 2.05) is 84.9 Å². The fraction of sp³-hybridized carbons (Fsp3) is 0. The number of pyridine rings is 1. The smallest absolute Gasteiger partial charge is 0.522 e. The Morgan fingerprint density at radius 3 is 1.84 bits per heavy atom. The summed E-state index contributed by atoms with van der Waals surface area (Å²) in [5.74, 6) is 1.49. The lowest BCUT2D eigenvalue weighted by atomic mass is 9.79. The van der Waals surface area contributed by atoms with Crippen molar-refractivity contribution in [3.8, 4) is 11.5 Å². The molecule has 0 amide bonds. The zero-order valence-electron chi connectivity index (χ0n) is 13.6. The van der Waals surface area contributed by atoms with E-state index in [0.717, 1.165) is 27.9 Å². The van der Waals surface area contributed by atoms with Crippen LogP contribution in [0.3, 0.4) is 0 Å². The molecule has 0 unspecified atom stereocenters. The fourth-order valence-electron chi connectivity index (χ4n) is 2.62. The maximum absolute atomic E-state index is 6.09. The maximum Gasteiger partial charge on any atom is 0.634 e. The highest BCUT2D eigenvalue weighted by Gasteiger charge is 2.27. The van der Waals surface area contributed by atoms with Crippen LogP contribution in [-0.2, 0) is 0 Å². The lowest BCUT2D eigenvalue weighted by Crippen LogP contribution is -2.43. The Morgan fingerprint density at radius 2 is 1.20 bits per heavy atom. The van der Waals surface area contributed by atoms with Crippen LogP contribution in [0.4, 0.5) is 0 Å². The molecule has 0 N–H and O–H groups in total. The Hall–Kier alpha value is -3.27. The standard InChI is InChI=1S/C21H16BNO2/c1-3-10-19(11-4-1)24-22(25-20-12-5-2-6-13-20)18-15-17-9-7-8-14-21(17)23-16-18/h1-16H. The van der Waals surface area contributed by atoms with Crippen molar-refractivity contribution in [3.05, 3.63) is 97.2 Å². The molecule has 0 radical (unpaired) electrons. The lowest BCUT2D eigenvalue weighted by Gasteiger charge is -2.17. The second-order valence-corrected chi connectivity index (χ2v) is 5.66. The van der Waals surface area contributed by atoms with Gasteiger partial charge in [-0.3, -0.25) is 4.98 Å². The Bertz CT molecular complexity index is 919. The van der Waals surface area contributed by atoms with Crippen molar-refractivity contribution in [3.63, 3.8) is 0 Å². The minimum Gasteiger partial charge on any atom is -0.522 e. The number of nitrogens with zero attached hydrogens (tertiary/aromatic N) is 1. The Balaban J connectivity index is 1.69. The zero-order valence-corrected chi connectivity index (χ0v) is 13.6. The van der Waals surface area contributed by atoms with Gasteiger partial charge < -0.3 is 9.31 Å². The molecule has 3 nitrogen and oxygen atoms in total. The molecule has 0 atom stereocenters. The van der Waals surface area contributed by atoms with Crippen LogP contribution >= 0.6 is 0 Å². The number of para-hydroxylation sites is 3. The van der Waals surface area contributed by atoms with Gasteiger partial charge in [0.15, 0.2) is 0 Å². The van der Waals surface area contributed by atoms with Crippen LogP contribution in [0, 0.1) is 0 Å². The van der Waals surface area contributed by atoms with Crippen LogP contribution in [-0.4, -0.2) is 12.1 Å². The highest BCUT2D eigenvalue weighted by molar-refractivity contribution is 6.62. The van der Waals surface area contributed by atoms with E-state index < -0.39 is 7.12 Å².